The third-order valence-corrected chi connectivity index (χ3v) is 7.60. The number of benzene rings is 1. The van der Waals surface area contributed by atoms with Crippen LogP contribution in [-0.2, 0) is 0 Å². The average molecular weight is 328 g/mol. The molecule has 0 N–H and O–H groups in total. The zero-order valence-electron chi connectivity index (χ0n) is 16.0. The third kappa shape index (κ3) is 2.24. The predicted octanol–water partition coefficient (Wildman–Crippen LogP) is 3.23. The Balaban J connectivity index is 1.77. The highest BCUT2D eigenvalue weighted by atomic mass is 15.3. The van der Waals surface area contributed by atoms with Gasteiger partial charge in [-0.2, -0.15) is 0 Å². The minimum atomic E-state index is 0.351. The van der Waals surface area contributed by atoms with Crippen molar-refractivity contribution in [3.8, 4) is 0 Å². The van der Waals surface area contributed by atoms with Crippen molar-refractivity contribution in [1.82, 2.24) is 9.80 Å². The van der Waals surface area contributed by atoms with Gasteiger partial charge in [0.25, 0.3) is 0 Å². The zero-order valence-corrected chi connectivity index (χ0v) is 16.0. The van der Waals surface area contributed by atoms with Crippen LogP contribution < -0.4 is 4.90 Å². The molecule has 1 aromatic rings. The molecule has 0 amide bonds. The van der Waals surface area contributed by atoms with E-state index in [0.29, 0.717) is 17.6 Å². The number of likely N-dealkylation sites (tertiary alicyclic amines) is 2. The molecule has 3 fully saturated rings. The standard InChI is InChI=1S/C21H33N3/c1-15-7-6-8-18(13-15)24-14-19-16(2)23(5)17(3)20(19)21(24)9-11-22(4)12-10-21/h6-8,13,16-17,19-20H,9-12,14H2,1-5H3. The van der Waals surface area contributed by atoms with Crippen molar-refractivity contribution >= 4 is 5.69 Å². The van der Waals surface area contributed by atoms with Crippen molar-refractivity contribution in [3.05, 3.63) is 29.8 Å². The van der Waals surface area contributed by atoms with Crippen LogP contribution >= 0.6 is 0 Å². The molecule has 3 aliphatic heterocycles. The number of hydrogen-bond donors (Lipinski definition) is 0. The lowest BCUT2D eigenvalue weighted by molar-refractivity contribution is 0.124. The van der Waals surface area contributed by atoms with Gasteiger partial charge in [0.15, 0.2) is 0 Å². The molecule has 3 heteroatoms. The van der Waals surface area contributed by atoms with Crippen LogP contribution in [0.1, 0.15) is 32.3 Å². The maximum atomic E-state index is 2.82. The summed E-state index contributed by atoms with van der Waals surface area (Å²) in [6.45, 7) is 10.8. The van der Waals surface area contributed by atoms with Gasteiger partial charge in [0.1, 0.15) is 0 Å². The number of piperidine rings is 1. The van der Waals surface area contributed by atoms with Gasteiger partial charge in [-0.1, -0.05) is 12.1 Å². The number of rotatable bonds is 1. The summed E-state index contributed by atoms with van der Waals surface area (Å²) in [5, 5.41) is 0. The van der Waals surface area contributed by atoms with Gasteiger partial charge in [-0.3, -0.25) is 0 Å². The quantitative estimate of drug-likeness (QED) is 0.784. The fourth-order valence-corrected chi connectivity index (χ4v) is 6.04. The lowest BCUT2D eigenvalue weighted by Gasteiger charge is -2.50. The second-order valence-corrected chi connectivity index (χ2v) is 8.69. The van der Waals surface area contributed by atoms with Crippen LogP contribution in [0.25, 0.3) is 0 Å². The van der Waals surface area contributed by atoms with E-state index in [2.05, 4.69) is 73.8 Å². The van der Waals surface area contributed by atoms with Crippen LogP contribution in [0.2, 0.25) is 0 Å². The third-order valence-electron chi connectivity index (χ3n) is 7.60. The molecule has 3 heterocycles. The van der Waals surface area contributed by atoms with E-state index in [1.807, 2.05) is 0 Å². The summed E-state index contributed by atoms with van der Waals surface area (Å²) in [6, 6.07) is 10.6. The normalized spacial score (nSPS) is 36.5. The predicted molar refractivity (Wildman–Crippen MR) is 102 cm³/mol. The van der Waals surface area contributed by atoms with Crippen molar-refractivity contribution in [2.75, 3.05) is 38.6 Å². The summed E-state index contributed by atoms with van der Waals surface area (Å²) in [6.07, 6.45) is 2.62. The van der Waals surface area contributed by atoms with Crippen molar-refractivity contribution in [1.29, 1.82) is 0 Å². The number of fused-ring (bicyclic) bond motifs is 2. The molecule has 24 heavy (non-hydrogen) atoms. The minimum Gasteiger partial charge on any atom is -0.365 e. The van der Waals surface area contributed by atoms with Gasteiger partial charge in [0.05, 0.1) is 0 Å². The van der Waals surface area contributed by atoms with Crippen LogP contribution in [0.5, 0.6) is 0 Å². The lowest BCUT2D eigenvalue weighted by Crippen LogP contribution is -2.57. The first-order chi connectivity index (χ1) is 11.4. The van der Waals surface area contributed by atoms with E-state index >= 15 is 0 Å². The molecule has 3 aliphatic rings. The molecular formula is C21H33N3. The monoisotopic (exact) mass is 327 g/mol. The SMILES string of the molecule is Cc1cccc(N2CC3C(C)N(C)C(C)C3C23CCN(C)CC3)c1. The average Bonchev–Trinajstić information content (AvgIpc) is 3.00. The van der Waals surface area contributed by atoms with Crippen molar-refractivity contribution in [3.63, 3.8) is 0 Å². The van der Waals surface area contributed by atoms with Crippen LogP contribution in [0.3, 0.4) is 0 Å². The highest BCUT2D eigenvalue weighted by molar-refractivity contribution is 5.54. The molecular weight excluding hydrogens is 294 g/mol. The molecule has 0 radical (unpaired) electrons. The number of nitrogens with zero attached hydrogens (tertiary/aromatic N) is 3. The van der Waals surface area contributed by atoms with Gasteiger partial charge in [-0.05, 0) is 71.3 Å². The van der Waals surface area contributed by atoms with Crippen LogP contribution in [-0.4, -0.2) is 61.2 Å². The first-order valence-corrected chi connectivity index (χ1v) is 9.69. The summed E-state index contributed by atoms with van der Waals surface area (Å²) in [5.74, 6) is 1.60. The van der Waals surface area contributed by atoms with E-state index in [9.17, 15) is 0 Å². The van der Waals surface area contributed by atoms with Gasteiger partial charge in [-0.15, -0.1) is 0 Å². The Morgan fingerprint density at radius 2 is 1.75 bits per heavy atom. The Morgan fingerprint density at radius 3 is 2.42 bits per heavy atom. The van der Waals surface area contributed by atoms with Gasteiger partial charge < -0.3 is 14.7 Å². The summed E-state index contributed by atoms with van der Waals surface area (Å²) >= 11 is 0. The first kappa shape index (κ1) is 16.4. The van der Waals surface area contributed by atoms with Crippen LogP contribution in [0, 0.1) is 18.8 Å². The summed E-state index contributed by atoms with van der Waals surface area (Å²) in [7, 11) is 4.62. The van der Waals surface area contributed by atoms with E-state index in [1.165, 1.54) is 43.7 Å². The first-order valence-electron chi connectivity index (χ1n) is 9.69. The summed E-state index contributed by atoms with van der Waals surface area (Å²) in [5.41, 5.74) is 3.19. The van der Waals surface area contributed by atoms with Gasteiger partial charge >= 0.3 is 0 Å². The van der Waals surface area contributed by atoms with E-state index < -0.39 is 0 Å². The van der Waals surface area contributed by atoms with E-state index in [1.54, 1.807) is 0 Å². The second-order valence-electron chi connectivity index (χ2n) is 8.69. The van der Waals surface area contributed by atoms with Crippen molar-refractivity contribution < 1.29 is 0 Å². The fourth-order valence-electron chi connectivity index (χ4n) is 6.04. The second kappa shape index (κ2) is 5.74. The highest BCUT2D eigenvalue weighted by Crippen LogP contribution is 2.54. The Hall–Kier alpha value is -1.06. The molecule has 4 unspecified atom stereocenters. The lowest BCUT2D eigenvalue weighted by atomic mass is 9.71. The van der Waals surface area contributed by atoms with E-state index in [4.69, 9.17) is 0 Å². The Labute approximate surface area is 147 Å². The van der Waals surface area contributed by atoms with Gasteiger partial charge in [-0.25, -0.2) is 0 Å². The molecule has 4 atom stereocenters. The molecule has 132 valence electrons. The molecule has 3 nitrogen and oxygen atoms in total. The van der Waals surface area contributed by atoms with E-state index in [-0.39, 0.29) is 0 Å². The van der Waals surface area contributed by atoms with Crippen LogP contribution in [0.4, 0.5) is 5.69 Å². The maximum absolute atomic E-state index is 2.82. The molecule has 4 rings (SSSR count). The summed E-state index contributed by atoms with van der Waals surface area (Å²) in [4.78, 5) is 7.98. The molecule has 0 aliphatic carbocycles. The molecule has 1 aromatic carbocycles. The number of hydrogen-bond acceptors (Lipinski definition) is 3. The molecule has 1 spiro atoms. The maximum Gasteiger partial charge on any atom is 0.0473 e. The fraction of sp³-hybridized carbons (Fsp3) is 0.714. The zero-order chi connectivity index (χ0) is 17.1. The smallest absolute Gasteiger partial charge is 0.0473 e. The molecule has 0 aromatic heterocycles. The van der Waals surface area contributed by atoms with Gasteiger partial charge in [0.2, 0.25) is 0 Å². The number of aryl methyl sites for hydroxylation is 1. The highest BCUT2D eigenvalue weighted by Gasteiger charge is 2.61. The Morgan fingerprint density at radius 1 is 1.04 bits per heavy atom. The van der Waals surface area contributed by atoms with Gasteiger partial charge in [0, 0.05) is 48.9 Å². The van der Waals surface area contributed by atoms with Crippen molar-refractivity contribution in [2.24, 2.45) is 11.8 Å². The topological polar surface area (TPSA) is 9.72 Å². The minimum absolute atomic E-state index is 0.351. The van der Waals surface area contributed by atoms with E-state index in [0.717, 1.165) is 11.8 Å². The van der Waals surface area contributed by atoms with Crippen molar-refractivity contribution in [2.45, 2.75) is 51.2 Å². The molecule has 0 bridgehead atoms. The Kier molecular flexibility index (Phi) is 3.92. The van der Waals surface area contributed by atoms with Crippen LogP contribution in [0.15, 0.2) is 24.3 Å². The number of anilines is 1. The largest absolute Gasteiger partial charge is 0.365 e. The molecule has 3 saturated heterocycles. The molecule has 0 saturated carbocycles. The summed E-state index contributed by atoms with van der Waals surface area (Å²) < 4.78 is 0. The Bertz CT molecular complexity index is 605.